The Kier molecular flexibility index (Phi) is 6.58. The first kappa shape index (κ1) is 23.7. The Morgan fingerprint density at radius 1 is 0.941 bits per heavy atom. The van der Waals surface area contributed by atoms with Gasteiger partial charge in [-0.2, -0.15) is 0 Å². The Balaban J connectivity index is 1.62. The molecule has 1 aromatic heterocycles. The quantitative estimate of drug-likeness (QED) is 0.356. The number of sulfonamides is 1. The van der Waals surface area contributed by atoms with Gasteiger partial charge in [-0.3, -0.25) is 9.71 Å². The van der Waals surface area contributed by atoms with E-state index in [4.69, 9.17) is 21.1 Å². The van der Waals surface area contributed by atoms with Gasteiger partial charge in [0.05, 0.1) is 35.3 Å². The monoisotopic (exact) mass is 504 g/mol. The molecule has 4 rings (SSSR count). The first-order chi connectivity index (χ1) is 16.2. The number of fused-ring (bicyclic) bond motifs is 1. The number of aromatic nitrogens is 1. The molecule has 1 heterocycles. The second-order valence-corrected chi connectivity index (χ2v) is 9.46. The first-order valence-corrected chi connectivity index (χ1v) is 11.8. The van der Waals surface area contributed by atoms with Crippen LogP contribution < -0.4 is 14.2 Å². The summed E-state index contributed by atoms with van der Waals surface area (Å²) >= 11 is 5.67. The largest absolute Gasteiger partial charge is 0.493 e. The highest BCUT2D eigenvalue weighted by atomic mass is 35.5. The minimum Gasteiger partial charge on any atom is -0.493 e. The number of hydrogen-bond donors (Lipinski definition) is 1. The van der Waals surface area contributed by atoms with E-state index >= 15 is 0 Å². The standard InChI is InChI=1S/C24H19ClF2N2O4S/c1-32-23-12-17-15(7-8-28-22(17)13-24(23)33-2)9-14-3-6-21(20(27)10-14)29-34(30,31)16-4-5-19(26)18(25)11-16/h3-8,10-13,29H,9H2,1-2H3. The molecule has 0 amide bonds. The molecule has 4 aromatic rings. The third-order valence-corrected chi connectivity index (χ3v) is 6.86. The zero-order chi connectivity index (χ0) is 24.5. The minimum atomic E-state index is -4.17. The van der Waals surface area contributed by atoms with Crippen LogP contribution >= 0.6 is 11.6 Å². The Morgan fingerprint density at radius 2 is 1.68 bits per heavy atom. The van der Waals surface area contributed by atoms with Crippen LogP contribution in [0.5, 0.6) is 11.5 Å². The van der Waals surface area contributed by atoms with Crippen molar-refractivity contribution in [3.05, 3.63) is 88.6 Å². The molecule has 0 fully saturated rings. The van der Waals surface area contributed by atoms with E-state index in [1.807, 2.05) is 12.1 Å². The average molecular weight is 505 g/mol. The van der Waals surface area contributed by atoms with Crippen molar-refractivity contribution in [2.24, 2.45) is 0 Å². The van der Waals surface area contributed by atoms with E-state index in [1.165, 1.54) is 26.4 Å². The number of benzene rings is 3. The lowest BCUT2D eigenvalue weighted by molar-refractivity contribution is 0.356. The van der Waals surface area contributed by atoms with Crippen LogP contribution in [0.1, 0.15) is 11.1 Å². The van der Waals surface area contributed by atoms with Gasteiger partial charge in [-0.05, 0) is 60.0 Å². The maximum absolute atomic E-state index is 14.8. The molecule has 0 radical (unpaired) electrons. The minimum absolute atomic E-state index is 0.241. The van der Waals surface area contributed by atoms with E-state index in [-0.39, 0.29) is 15.6 Å². The van der Waals surface area contributed by atoms with Gasteiger partial charge < -0.3 is 9.47 Å². The number of hydrogen-bond acceptors (Lipinski definition) is 5. The Hall–Kier alpha value is -3.43. The van der Waals surface area contributed by atoms with Crippen molar-refractivity contribution >= 4 is 38.2 Å². The molecule has 0 atom stereocenters. The number of pyridine rings is 1. The molecule has 10 heteroatoms. The maximum Gasteiger partial charge on any atom is 0.262 e. The summed E-state index contributed by atoms with van der Waals surface area (Å²) in [7, 11) is -1.09. The van der Waals surface area contributed by atoms with E-state index in [9.17, 15) is 17.2 Å². The number of anilines is 1. The lowest BCUT2D eigenvalue weighted by Gasteiger charge is -2.13. The van der Waals surface area contributed by atoms with Crippen molar-refractivity contribution in [1.82, 2.24) is 4.98 Å². The molecule has 0 saturated heterocycles. The second kappa shape index (κ2) is 9.44. The van der Waals surface area contributed by atoms with Gasteiger partial charge in [-0.25, -0.2) is 17.2 Å². The third kappa shape index (κ3) is 4.76. The van der Waals surface area contributed by atoms with Crippen molar-refractivity contribution in [1.29, 1.82) is 0 Å². The maximum atomic E-state index is 14.8. The molecule has 0 saturated carbocycles. The lowest BCUT2D eigenvalue weighted by Crippen LogP contribution is -2.14. The SMILES string of the molecule is COc1cc2nccc(Cc3ccc(NS(=O)(=O)c4ccc(F)c(Cl)c4)c(F)c3)c2cc1OC. The summed E-state index contributed by atoms with van der Waals surface area (Å²) in [5, 5.41) is 0.469. The molecule has 0 unspecified atom stereocenters. The van der Waals surface area contributed by atoms with Crippen LogP contribution in [0.3, 0.4) is 0 Å². The Bertz CT molecular complexity index is 1500. The molecular weight excluding hydrogens is 486 g/mol. The summed E-state index contributed by atoms with van der Waals surface area (Å²) < 4.78 is 66.2. The molecule has 0 spiro atoms. The van der Waals surface area contributed by atoms with Crippen molar-refractivity contribution in [3.63, 3.8) is 0 Å². The van der Waals surface area contributed by atoms with Crippen LogP contribution in [-0.4, -0.2) is 27.6 Å². The predicted octanol–water partition coefficient (Wildman–Crippen LogP) is 5.58. The van der Waals surface area contributed by atoms with E-state index in [0.717, 1.165) is 29.1 Å². The summed E-state index contributed by atoms with van der Waals surface area (Å²) in [6.07, 6.45) is 2.02. The van der Waals surface area contributed by atoms with Crippen molar-refractivity contribution in [2.45, 2.75) is 11.3 Å². The second-order valence-electron chi connectivity index (χ2n) is 7.37. The number of methoxy groups -OCH3 is 2. The molecule has 3 aromatic carbocycles. The number of nitrogens with zero attached hydrogens (tertiary/aromatic N) is 1. The first-order valence-electron chi connectivity index (χ1n) is 9.97. The predicted molar refractivity (Wildman–Crippen MR) is 126 cm³/mol. The summed E-state index contributed by atoms with van der Waals surface area (Å²) in [5.41, 5.74) is 1.94. The molecule has 0 aliphatic rings. The molecule has 0 aliphatic heterocycles. The number of ether oxygens (including phenoxy) is 2. The fourth-order valence-electron chi connectivity index (χ4n) is 3.50. The Labute approximate surface area is 200 Å². The van der Waals surface area contributed by atoms with Crippen LogP contribution in [0.25, 0.3) is 10.9 Å². The molecule has 6 nitrogen and oxygen atoms in total. The zero-order valence-corrected chi connectivity index (χ0v) is 19.7. The lowest BCUT2D eigenvalue weighted by atomic mass is 10.0. The van der Waals surface area contributed by atoms with Crippen molar-refractivity contribution in [3.8, 4) is 11.5 Å². The van der Waals surface area contributed by atoms with E-state index in [1.54, 1.807) is 18.3 Å². The van der Waals surface area contributed by atoms with Gasteiger partial charge in [0.2, 0.25) is 0 Å². The molecule has 1 N–H and O–H groups in total. The smallest absolute Gasteiger partial charge is 0.262 e. The zero-order valence-electron chi connectivity index (χ0n) is 18.1. The highest BCUT2D eigenvalue weighted by Crippen LogP contribution is 2.33. The van der Waals surface area contributed by atoms with Crippen LogP contribution in [-0.2, 0) is 16.4 Å². The summed E-state index contributed by atoms with van der Waals surface area (Å²) in [6, 6.07) is 12.5. The van der Waals surface area contributed by atoms with Crippen molar-refractivity contribution in [2.75, 3.05) is 18.9 Å². The molecule has 34 heavy (non-hydrogen) atoms. The number of nitrogens with one attached hydrogen (secondary N) is 1. The van der Waals surface area contributed by atoms with Crippen LogP contribution in [0.2, 0.25) is 5.02 Å². The van der Waals surface area contributed by atoms with Gasteiger partial charge in [-0.15, -0.1) is 0 Å². The highest BCUT2D eigenvalue weighted by molar-refractivity contribution is 7.92. The molecule has 176 valence electrons. The Morgan fingerprint density at radius 3 is 2.35 bits per heavy atom. The fourth-order valence-corrected chi connectivity index (χ4v) is 4.84. The normalized spacial score (nSPS) is 11.4. The van der Waals surface area contributed by atoms with Crippen LogP contribution in [0.15, 0.2) is 65.7 Å². The van der Waals surface area contributed by atoms with Gasteiger partial charge in [0.15, 0.2) is 11.5 Å². The topological polar surface area (TPSA) is 77.5 Å². The van der Waals surface area contributed by atoms with E-state index in [0.29, 0.717) is 29.0 Å². The average Bonchev–Trinajstić information content (AvgIpc) is 2.81. The van der Waals surface area contributed by atoms with Crippen LogP contribution in [0.4, 0.5) is 14.5 Å². The number of halogens is 3. The summed E-state index contributed by atoms with van der Waals surface area (Å²) in [6.45, 7) is 0. The van der Waals surface area contributed by atoms with Gasteiger partial charge in [0, 0.05) is 17.6 Å². The number of rotatable bonds is 7. The molecule has 0 bridgehead atoms. The van der Waals surface area contributed by atoms with Gasteiger partial charge in [0.25, 0.3) is 10.0 Å². The third-order valence-electron chi connectivity index (χ3n) is 5.21. The summed E-state index contributed by atoms with van der Waals surface area (Å²) in [4.78, 5) is 4.08. The highest BCUT2D eigenvalue weighted by Gasteiger charge is 2.18. The van der Waals surface area contributed by atoms with E-state index < -0.39 is 21.7 Å². The molecule has 0 aliphatic carbocycles. The van der Waals surface area contributed by atoms with Gasteiger partial charge in [0.1, 0.15) is 11.6 Å². The van der Waals surface area contributed by atoms with E-state index in [2.05, 4.69) is 9.71 Å². The van der Waals surface area contributed by atoms with Crippen molar-refractivity contribution < 1.29 is 26.7 Å². The molecular formula is C24H19ClF2N2O4S. The fraction of sp³-hybridized carbons (Fsp3) is 0.125. The van der Waals surface area contributed by atoms with Crippen LogP contribution in [0, 0.1) is 11.6 Å². The summed E-state index contributed by atoms with van der Waals surface area (Å²) in [5.74, 6) is -0.423. The van der Waals surface area contributed by atoms with Gasteiger partial charge in [-0.1, -0.05) is 17.7 Å². The van der Waals surface area contributed by atoms with Gasteiger partial charge >= 0.3 is 0 Å².